The molecule has 0 aliphatic heterocycles. The molecular weight excluding hydrogens is 576 g/mol. The maximum Gasteiger partial charge on any atom is 0.273 e. The SMILES string of the molecule is CB(c1cccc(-c2ccccn2)c1)c1ccc2c3ccc(B(C)c4cccc(-c5ccccn5)c4)cc3n(-c3nncnn3)c2c1. The summed E-state index contributed by atoms with van der Waals surface area (Å²) < 4.78 is 2.09. The van der Waals surface area contributed by atoms with Crippen molar-refractivity contribution < 1.29 is 0 Å². The summed E-state index contributed by atoms with van der Waals surface area (Å²) in [5.74, 6) is 0.441. The van der Waals surface area contributed by atoms with Gasteiger partial charge in [-0.05, 0) is 47.5 Å². The molecule has 0 radical (unpaired) electrons. The molecule has 0 spiro atoms. The number of benzene rings is 4. The summed E-state index contributed by atoms with van der Waals surface area (Å²) in [7, 11) is 0. The minimum absolute atomic E-state index is 0.143. The van der Waals surface area contributed by atoms with Crippen LogP contribution in [0.4, 0.5) is 0 Å². The van der Waals surface area contributed by atoms with E-state index in [0.717, 1.165) is 44.3 Å². The highest BCUT2D eigenvalue weighted by Crippen LogP contribution is 2.30. The number of nitrogens with zero attached hydrogens (tertiary/aromatic N) is 7. The normalized spacial score (nSPS) is 11.2. The summed E-state index contributed by atoms with van der Waals surface area (Å²) in [4.78, 5) is 9.11. The molecule has 0 N–H and O–H groups in total. The summed E-state index contributed by atoms with van der Waals surface area (Å²) >= 11 is 0. The van der Waals surface area contributed by atoms with E-state index < -0.39 is 0 Å². The molecule has 0 unspecified atom stereocenters. The third kappa shape index (κ3) is 5.36. The van der Waals surface area contributed by atoms with Gasteiger partial charge in [-0.15, -0.1) is 20.4 Å². The molecule has 222 valence electrons. The van der Waals surface area contributed by atoms with Crippen LogP contribution in [0, 0.1) is 0 Å². The molecule has 9 heteroatoms. The van der Waals surface area contributed by atoms with E-state index in [2.05, 4.69) is 134 Å². The van der Waals surface area contributed by atoms with Crippen LogP contribution in [0.25, 0.3) is 50.3 Å². The second-order valence-corrected chi connectivity index (χ2v) is 11.9. The summed E-state index contributed by atoms with van der Waals surface area (Å²) in [5.41, 5.74) is 11.0. The topological polar surface area (TPSA) is 82.3 Å². The van der Waals surface area contributed by atoms with Gasteiger partial charge >= 0.3 is 0 Å². The lowest BCUT2D eigenvalue weighted by molar-refractivity contribution is 0.801. The van der Waals surface area contributed by atoms with Crippen molar-refractivity contribution in [3.63, 3.8) is 0 Å². The van der Waals surface area contributed by atoms with Gasteiger partial charge < -0.3 is 0 Å². The Bertz CT molecular complexity index is 2200. The zero-order valence-electron chi connectivity index (χ0n) is 26.1. The highest BCUT2D eigenvalue weighted by atomic mass is 15.3. The molecule has 0 aliphatic carbocycles. The molecule has 0 amide bonds. The summed E-state index contributed by atoms with van der Waals surface area (Å²) in [5, 5.41) is 19.2. The van der Waals surface area contributed by atoms with Crippen LogP contribution >= 0.6 is 0 Å². The van der Waals surface area contributed by atoms with Crippen molar-refractivity contribution in [1.82, 2.24) is 34.9 Å². The molecule has 47 heavy (non-hydrogen) atoms. The molecule has 0 saturated carbocycles. The van der Waals surface area contributed by atoms with E-state index in [4.69, 9.17) is 0 Å². The lowest BCUT2D eigenvalue weighted by Gasteiger charge is -2.13. The number of rotatable bonds is 7. The number of aromatic nitrogens is 7. The first-order valence-electron chi connectivity index (χ1n) is 15.8. The fraction of sp³-hybridized carbons (Fsp3) is 0.0526. The van der Waals surface area contributed by atoms with Gasteiger partial charge in [-0.2, -0.15) is 0 Å². The maximum atomic E-state index is 4.56. The Morgan fingerprint density at radius 1 is 0.489 bits per heavy atom. The van der Waals surface area contributed by atoms with Crippen molar-refractivity contribution in [2.24, 2.45) is 0 Å². The standard InChI is InChI=1S/C38H29B2N7/c1-39(28-11-7-9-26(21-28)34-13-3-5-19-41-34)30-15-17-32-33-18-16-31(24-37(33)47(36(32)23-30)38-45-43-25-44-46-38)40(2)29-12-8-10-27(22-29)35-14-4-6-20-42-35/h3-25H,1-2H3. The lowest BCUT2D eigenvalue weighted by atomic mass is 9.42. The van der Waals surface area contributed by atoms with Gasteiger partial charge in [-0.25, -0.2) is 0 Å². The molecule has 7 nitrogen and oxygen atoms in total. The van der Waals surface area contributed by atoms with Gasteiger partial charge in [0.1, 0.15) is 0 Å². The van der Waals surface area contributed by atoms with Crippen LogP contribution in [0.5, 0.6) is 0 Å². The van der Waals surface area contributed by atoms with E-state index in [1.54, 1.807) is 0 Å². The number of hydrogen-bond acceptors (Lipinski definition) is 6. The molecule has 0 bridgehead atoms. The Morgan fingerprint density at radius 3 is 1.45 bits per heavy atom. The molecule has 0 saturated heterocycles. The quantitative estimate of drug-likeness (QED) is 0.239. The zero-order valence-corrected chi connectivity index (χ0v) is 26.1. The largest absolute Gasteiger partial charge is 0.275 e. The Kier molecular flexibility index (Phi) is 7.34. The van der Waals surface area contributed by atoms with Crippen molar-refractivity contribution in [2.75, 3.05) is 0 Å². The third-order valence-electron chi connectivity index (χ3n) is 9.11. The highest BCUT2D eigenvalue weighted by Gasteiger charge is 2.21. The van der Waals surface area contributed by atoms with Gasteiger partial charge in [0.25, 0.3) is 5.95 Å². The van der Waals surface area contributed by atoms with Crippen LogP contribution in [0.2, 0.25) is 13.6 Å². The van der Waals surface area contributed by atoms with Crippen molar-refractivity contribution >= 4 is 57.1 Å². The zero-order chi connectivity index (χ0) is 31.7. The van der Waals surface area contributed by atoms with Gasteiger partial charge in [0.2, 0.25) is 13.4 Å². The smallest absolute Gasteiger partial charge is 0.273 e. The fourth-order valence-corrected chi connectivity index (χ4v) is 6.48. The van der Waals surface area contributed by atoms with Crippen LogP contribution in [0.15, 0.2) is 140 Å². The molecule has 4 aromatic carbocycles. The van der Waals surface area contributed by atoms with Gasteiger partial charge in [0, 0.05) is 23.2 Å². The molecule has 4 heterocycles. The predicted octanol–water partition coefficient (Wildman–Crippen LogP) is 4.97. The molecular formula is C38H29B2N7. The molecule has 8 aromatic rings. The van der Waals surface area contributed by atoms with Crippen molar-refractivity contribution in [1.29, 1.82) is 0 Å². The molecule has 4 aromatic heterocycles. The molecule has 8 rings (SSSR count). The average molecular weight is 605 g/mol. The minimum atomic E-state index is 0.143. The van der Waals surface area contributed by atoms with Gasteiger partial charge in [0.15, 0.2) is 6.33 Å². The van der Waals surface area contributed by atoms with Gasteiger partial charge in [-0.3, -0.25) is 14.5 Å². The second-order valence-electron chi connectivity index (χ2n) is 11.9. The van der Waals surface area contributed by atoms with E-state index in [-0.39, 0.29) is 13.4 Å². The minimum Gasteiger partial charge on any atom is -0.275 e. The van der Waals surface area contributed by atoms with Crippen molar-refractivity contribution in [3.05, 3.63) is 140 Å². The number of hydrogen-bond donors (Lipinski definition) is 0. The van der Waals surface area contributed by atoms with Gasteiger partial charge in [0.05, 0.1) is 22.4 Å². The maximum absolute atomic E-state index is 4.56. The third-order valence-corrected chi connectivity index (χ3v) is 9.11. The first-order chi connectivity index (χ1) is 23.1. The van der Waals surface area contributed by atoms with E-state index in [1.807, 2.05) is 48.8 Å². The van der Waals surface area contributed by atoms with E-state index in [1.165, 1.54) is 28.2 Å². The second kappa shape index (κ2) is 12.1. The fourth-order valence-electron chi connectivity index (χ4n) is 6.48. The summed E-state index contributed by atoms with van der Waals surface area (Å²) in [6.45, 7) is 4.77. The van der Waals surface area contributed by atoms with Crippen LogP contribution in [0.1, 0.15) is 0 Å². The Labute approximate surface area is 273 Å². The Morgan fingerprint density at radius 2 is 0.979 bits per heavy atom. The van der Waals surface area contributed by atoms with Crippen LogP contribution in [-0.2, 0) is 0 Å². The average Bonchev–Trinajstić information content (AvgIpc) is 3.48. The van der Waals surface area contributed by atoms with E-state index in [9.17, 15) is 0 Å². The summed E-state index contributed by atoms with van der Waals surface area (Å²) in [6.07, 6.45) is 5.03. The first-order valence-corrected chi connectivity index (χ1v) is 15.8. The lowest BCUT2D eigenvalue weighted by Crippen LogP contribution is -2.39. The molecule has 0 aliphatic rings. The van der Waals surface area contributed by atoms with Crippen molar-refractivity contribution in [2.45, 2.75) is 13.6 Å². The molecule has 0 atom stereocenters. The van der Waals surface area contributed by atoms with Gasteiger partial charge in [-0.1, -0.05) is 120 Å². The monoisotopic (exact) mass is 605 g/mol. The summed E-state index contributed by atoms with van der Waals surface area (Å²) in [6, 6.07) is 42.7. The number of fused-ring (bicyclic) bond motifs is 3. The van der Waals surface area contributed by atoms with Crippen molar-refractivity contribution in [3.8, 4) is 28.5 Å². The first kappa shape index (κ1) is 28.5. The van der Waals surface area contributed by atoms with Crippen LogP contribution in [0.3, 0.4) is 0 Å². The highest BCUT2D eigenvalue weighted by molar-refractivity contribution is 6.84. The van der Waals surface area contributed by atoms with Crippen LogP contribution in [-0.4, -0.2) is 48.4 Å². The Hall–Kier alpha value is -5.95. The van der Waals surface area contributed by atoms with Crippen LogP contribution < -0.4 is 21.9 Å². The van der Waals surface area contributed by atoms with E-state index >= 15 is 0 Å². The van der Waals surface area contributed by atoms with E-state index in [0.29, 0.717) is 5.95 Å². The number of pyridine rings is 2. The Balaban J connectivity index is 1.23. The molecule has 0 fully saturated rings. The predicted molar refractivity (Wildman–Crippen MR) is 193 cm³/mol.